The largest absolute Gasteiger partial charge is 0.219 e. The Morgan fingerprint density at radius 1 is 0.842 bits per heavy atom. The van der Waals surface area contributed by atoms with Gasteiger partial charge in [0, 0.05) is 12.1 Å². The van der Waals surface area contributed by atoms with Crippen molar-refractivity contribution in [3.8, 4) is 0 Å². The molecule has 1 saturated heterocycles. The van der Waals surface area contributed by atoms with Gasteiger partial charge in [-0.2, -0.15) is 4.31 Å². The summed E-state index contributed by atoms with van der Waals surface area (Å²) in [4.78, 5) is 0. The van der Waals surface area contributed by atoms with Crippen molar-refractivity contribution in [1.29, 1.82) is 0 Å². The van der Waals surface area contributed by atoms with Gasteiger partial charge in [0.25, 0.3) is 0 Å². The zero-order valence-corrected chi connectivity index (χ0v) is 13.6. The van der Waals surface area contributed by atoms with E-state index in [1.165, 1.54) is 44.9 Å². The molecule has 1 heterocycles. The number of nitrogens with zero attached hydrogens (tertiary/aromatic N) is 1. The Bertz CT molecular complexity index is 398. The number of rotatable bonds is 1. The van der Waals surface area contributed by atoms with Crippen LogP contribution in [0, 0.1) is 0 Å². The smallest absolute Gasteiger partial charge is 0.212 e. The minimum atomic E-state index is -3.13. The second-order valence-corrected chi connectivity index (χ2v) is 9.94. The summed E-state index contributed by atoms with van der Waals surface area (Å²) in [5, 5.41) is 0. The molecule has 0 aromatic carbocycles. The third kappa shape index (κ3) is 3.15. The lowest BCUT2D eigenvalue weighted by Gasteiger charge is -2.25. The molecule has 0 aromatic heterocycles. The normalized spacial score (nSPS) is 29.1. The molecule has 3 nitrogen and oxygen atoms in total. The van der Waals surface area contributed by atoms with Gasteiger partial charge in [0.1, 0.15) is 0 Å². The van der Waals surface area contributed by atoms with E-state index in [2.05, 4.69) is 0 Å². The van der Waals surface area contributed by atoms with Gasteiger partial charge in [-0.15, -0.1) is 0 Å². The van der Waals surface area contributed by atoms with Crippen LogP contribution in [0.5, 0.6) is 0 Å². The highest BCUT2D eigenvalue weighted by Gasteiger charge is 2.59. The number of sulfonamides is 1. The first kappa shape index (κ1) is 15.3. The highest BCUT2D eigenvalue weighted by molar-refractivity contribution is 7.90. The molecule has 4 heteroatoms. The average Bonchev–Trinajstić information content (AvgIpc) is 3.02. The molecule has 19 heavy (non-hydrogen) atoms. The molecule has 2 fully saturated rings. The van der Waals surface area contributed by atoms with E-state index in [0.29, 0.717) is 0 Å². The van der Waals surface area contributed by atoms with Crippen LogP contribution in [-0.4, -0.2) is 29.6 Å². The lowest BCUT2D eigenvalue weighted by atomic mass is 9.92. The fourth-order valence-electron chi connectivity index (χ4n) is 3.23. The monoisotopic (exact) mass is 287 g/mol. The highest BCUT2D eigenvalue weighted by atomic mass is 32.2. The van der Waals surface area contributed by atoms with Crippen molar-refractivity contribution in [2.75, 3.05) is 6.54 Å². The fourth-order valence-corrected chi connectivity index (χ4v) is 4.99. The Morgan fingerprint density at radius 2 is 1.26 bits per heavy atom. The molecular weight excluding hydrogens is 258 g/mol. The Hall–Kier alpha value is -0.0900. The summed E-state index contributed by atoms with van der Waals surface area (Å²) in [6, 6.07) is 0. The molecule has 0 N–H and O–H groups in total. The molecular formula is C15H29NO2S. The van der Waals surface area contributed by atoms with Crippen LogP contribution in [0.1, 0.15) is 78.6 Å². The second-order valence-electron chi connectivity index (χ2n) is 7.32. The van der Waals surface area contributed by atoms with Crippen molar-refractivity contribution in [1.82, 2.24) is 4.31 Å². The highest BCUT2D eigenvalue weighted by Crippen LogP contribution is 2.47. The standard InChI is InChI=1S/C15H29NO2S/c1-14(2,3)19(17,18)16-13-15(16)11-9-7-5-4-6-8-10-12-15/h4-13H2,1-3H3. The molecule has 112 valence electrons. The minimum absolute atomic E-state index is 0.0105. The number of hydrogen-bond acceptors (Lipinski definition) is 2. The Morgan fingerprint density at radius 3 is 1.68 bits per heavy atom. The summed E-state index contributed by atoms with van der Waals surface area (Å²) in [6.45, 7) is 6.21. The third-order valence-corrected chi connectivity index (χ3v) is 7.36. The summed E-state index contributed by atoms with van der Waals surface area (Å²) >= 11 is 0. The van der Waals surface area contributed by atoms with E-state index >= 15 is 0 Å². The lowest BCUT2D eigenvalue weighted by Crippen LogP contribution is -2.37. The molecule has 0 aromatic rings. The first-order valence-electron chi connectivity index (χ1n) is 7.82. The molecule has 0 radical (unpaired) electrons. The van der Waals surface area contributed by atoms with Crippen LogP contribution >= 0.6 is 0 Å². The zero-order valence-electron chi connectivity index (χ0n) is 12.7. The molecule has 2 rings (SSSR count). The van der Waals surface area contributed by atoms with Gasteiger partial charge in [0.2, 0.25) is 10.0 Å². The molecule has 0 bridgehead atoms. The van der Waals surface area contributed by atoms with Gasteiger partial charge in [-0.3, -0.25) is 0 Å². The van der Waals surface area contributed by atoms with Crippen LogP contribution < -0.4 is 0 Å². The zero-order chi connectivity index (χ0) is 14.1. The maximum atomic E-state index is 12.6. The van der Waals surface area contributed by atoms with Gasteiger partial charge in [-0.1, -0.05) is 44.9 Å². The van der Waals surface area contributed by atoms with E-state index in [1.807, 2.05) is 25.1 Å². The summed E-state index contributed by atoms with van der Waals surface area (Å²) < 4.78 is 26.3. The van der Waals surface area contributed by atoms with Crippen LogP contribution in [0.3, 0.4) is 0 Å². The second kappa shape index (κ2) is 5.36. The molecule has 1 atom stereocenters. The summed E-state index contributed by atoms with van der Waals surface area (Å²) in [5.41, 5.74) is -0.0105. The quantitative estimate of drug-likeness (QED) is 0.690. The summed E-state index contributed by atoms with van der Waals surface area (Å²) in [5.74, 6) is 0. The van der Waals surface area contributed by atoms with E-state index < -0.39 is 14.8 Å². The van der Waals surface area contributed by atoms with E-state index in [-0.39, 0.29) is 5.54 Å². The summed E-state index contributed by atoms with van der Waals surface area (Å²) in [7, 11) is -3.13. The van der Waals surface area contributed by atoms with Gasteiger partial charge in [0.15, 0.2) is 0 Å². The first-order chi connectivity index (χ1) is 8.80. The van der Waals surface area contributed by atoms with Crippen LogP contribution in [0.25, 0.3) is 0 Å². The molecule has 1 aliphatic heterocycles. The maximum Gasteiger partial charge on any atom is 0.219 e. The Kier molecular flexibility index (Phi) is 4.32. The lowest BCUT2D eigenvalue weighted by molar-refractivity contribution is 0.387. The van der Waals surface area contributed by atoms with Crippen LogP contribution in [-0.2, 0) is 10.0 Å². The van der Waals surface area contributed by atoms with Crippen molar-refractivity contribution < 1.29 is 8.42 Å². The van der Waals surface area contributed by atoms with Crippen LogP contribution in [0.15, 0.2) is 0 Å². The predicted molar refractivity (Wildman–Crippen MR) is 79.7 cm³/mol. The van der Waals surface area contributed by atoms with Crippen LogP contribution in [0.4, 0.5) is 0 Å². The van der Waals surface area contributed by atoms with Crippen molar-refractivity contribution in [2.24, 2.45) is 0 Å². The van der Waals surface area contributed by atoms with E-state index in [1.54, 1.807) is 0 Å². The topological polar surface area (TPSA) is 37.1 Å². The average molecular weight is 287 g/mol. The predicted octanol–water partition coefficient (Wildman–Crippen LogP) is 3.69. The van der Waals surface area contributed by atoms with Crippen molar-refractivity contribution >= 4 is 10.0 Å². The Balaban J connectivity index is 2.07. The molecule has 1 unspecified atom stereocenters. The SMILES string of the molecule is CC(C)(C)S(=O)(=O)N1CC12CCCCCCCCC2. The Labute approximate surface area is 118 Å². The fraction of sp³-hybridized carbons (Fsp3) is 1.00. The number of hydrogen-bond donors (Lipinski definition) is 0. The van der Waals surface area contributed by atoms with Gasteiger partial charge in [-0.25, -0.2) is 8.42 Å². The van der Waals surface area contributed by atoms with Gasteiger partial charge < -0.3 is 0 Å². The molecule has 0 amide bonds. The van der Waals surface area contributed by atoms with Gasteiger partial charge in [-0.05, 0) is 33.6 Å². The molecule has 1 aliphatic carbocycles. The maximum absolute atomic E-state index is 12.6. The van der Waals surface area contributed by atoms with E-state index in [9.17, 15) is 8.42 Å². The molecule has 2 aliphatic rings. The van der Waals surface area contributed by atoms with E-state index in [4.69, 9.17) is 0 Å². The van der Waals surface area contributed by atoms with Gasteiger partial charge >= 0.3 is 0 Å². The van der Waals surface area contributed by atoms with Crippen molar-refractivity contribution in [2.45, 2.75) is 88.8 Å². The third-order valence-electron chi connectivity index (χ3n) is 4.71. The van der Waals surface area contributed by atoms with Crippen molar-refractivity contribution in [3.05, 3.63) is 0 Å². The van der Waals surface area contributed by atoms with Crippen molar-refractivity contribution in [3.63, 3.8) is 0 Å². The summed E-state index contributed by atoms with van der Waals surface area (Å²) in [6.07, 6.45) is 11.1. The van der Waals surface area contributed by atoms with Gasteiger partial charge in [0.05, 0.1) is 4.75 Å². The minimum Gasteiger partial charge on any atom is -0.212 e. The molecule has 1 spiro atoms. The van der Waals surface area contributed by atoms with Crippen LogP contribution in [0.2, 0.25) is 0 Å². The first-order valence-corrected chi connectivity index (χ1v) is 9.26. The van der Waals surface area contributed by atoms with E-state index in [0.717, 1.165) is 19.4 Å². The molecule has 1 saturated carbocycles.